The van der Waals surface area contributed by atoms with Crippen LogP contribution < -0.4 is 11.1 Å². The van der Waals surface area contributed by atoms with E-state index in [1.807, 2.05) is 0 Å². The maximum atomic E-state index is 11.0. The molecule has 0 atom stereocenters. The van der Waals surface area contributed by atoms with Gasteiger partial charge >= 0.3 is 0 Å². The van der Waals surface area contributed by atoms with Crippen LogP contribution in [0.15, 0.2) is 18.2 Å². The molecule has 0 aliphatic carbocycles. The average molecular weight is 230 g/mol. The first-order valence-corrected chi connectivity index (χ1v) is 5.39. The number of benzene rings is 1. The summed E-state index contributed by atoms with van der Waals surface area (Å²) in [7, 11) is 0. The number of nitrogens with one attached hydrogen (secondary N) is 1. The third kappa shape index (κ3) is 2.31. The molecule has 1 aromatic rings. The van der Waals surface area contributed by atoms with Crippen LogP contribution in [0.3, 0.4) is 0 Å². The van der Waals surface area contributed by atoms with Gasteiger partial charge in [-0.15, -0.1) is 0 Å². The lowest BCUT2D eigenvalue weighted by atomic mass is 10.1. The molecule has 1 amide bonds. The van der Waals surface area contributed by atoms with Gasteiger partial charge in [0.15, 0.2) is 5.69 Å². The molecule has 5 nitrogen and oxygen atoms in total. The summed E-state index contributed by atoms with van der Waals surface area (Å²) in [6.45, 7) is 9.89. The fourth-order valence-electron chi connectivity index (χ4n) is 1.79. The highest BCUT2D eigenvalue weighted by atomic mass is 16.2. The summed E-state index contributed by atoms with van der Waals surface area (Å²) in [6.07, 6.45) is 0. The van der Waals surface area contributed by atoms with Crippen molar-refractivity contribution in [3.05, 3.63) is 29.6 Å². The number of carbonyl (C=O) groups excluding carboxylic acids is 1. The van der Waals surface area contributed by atoms with Crippen molar-refractivity contribution in [3.8, 4) is 0 Å². The molecule has 0 unspecified atom stereocenters. The minimum atomic E-state index is 0.0888. The molecule has 3 N–H and O–H groups in total. The van der Waals surface area contributed by atoms with Crippen molar-refractivity contribution in [2.45, 2.75) is 13.0 Å². The van der Waals surface area contributed by atoms with Crippen LogP contribution in [0.25, 0.3) is 4.85 Å². The molecule has 1 saturated heterocycles. The first-order chi connectivity index (χ1) is 8.10. The standard InChI is InChI=1S/C12H14N4O/c1-8(17)16-6-10(7-16)15-12-5-9(14-2)3-4-11(12)13/h3-5,10,15H,6-7,13H2,1H3. The van der Waals surface area contributed by atoms with E-state index in [0.29, 0.717) is 24.5 Å². The minimum absolute atomic E-state index is 0.0888. The van der Waals surface area contributed by atoms with E-state index in [9.17, 15) is 4.79 Å². The summed E-state index contributed by atoms with van der Waals surface area (Å²) in [6, 6.07) is 5.37. The molecule has 17 heavy (non-hydrogen) atoms. The van der Waals surface area contributed by atoms with Crippen LogP contribution in [0.1, 0.15) is 6.92 Å². The lowest BCUT2D eigenvalue weighted by molar-refractivity contribution is -0.132. The number of anilines is 2. The summed E-state index contributed by atoms with van der Waals surface area (Å²) < 4.78 is 0. The Labute approximate surface area is 100 Å². The quantitative estimate of drug-likeness (QED) is 0.597. The highest BCUT2D eigenvalue weighted by Gasteiger charge is 2.28. The minimum Gasteiger partial charge on any atom is -0.397 e. The van der Waals surface area contributed by atoms with Crippen LogP contribution in [-0.4, -0.2) is 29.9 Å². The van der Waals surface area contributed by atoms with E-state index >= 15 is 0 Å². The lowest BCUT2D eigenvalue weighted by Gasteiger charge is -2.39. The number of hydrogen-bond acceptors (Lipinski definition) is 3. The second-order valence-corrected chi connectivity index (χ2v) is 4.15. The monoisotopic (exact) mass is 230 g/mol. The molecule has 2 rings (SSSR count). The molecule has 0 aromatic heterocycles. The van der Waals surface area contributed by atoms with Crippen LogP contribution in [-0.2, 0) is 4.79 Å². The van der Waals surface area contributed by atoms with Crippen molar-refractivity contribution in [2.24, 2.45) is 0 Å². The third-order valence-corrected chi connectivity index (χ3v) is 2.85. The Kier molecular flexibility index (Phi) is 2.88. The summed E-state index contributed by atoms with van der Waals surface area (Å²) in [5.74, 6) is 0.0888. The second kappa shape index (κ2) is 4.34. The van der Waals surface area contributed by atoms with Gasteiger partial charge in [-0.3, -0.25) is 4.79 Å². The Morgan fingerprint density at radius 1 is 1.59 bits per heavy atom. The maximum absolute atomic E-state index is 11.0. The number of nitrogens with zero attached hydrogens (tertiary/aromatic N) is 2. The van der Waals surface area contributed by atoms with Gasteiger partial charge in [0.05, 0.1) is 18.3 Å². The van der Waals surface area contributed by atoms with E-state index in [0.717, 1.165) is 5.69 Å². The topological polar surface area (TPSA) is 62.7 Å². The van der Waals surface area contributed by atoms with Crippen molar-refractivity contribution in [1.82, 2.24) is 4.90 Å². The fourth-order valence-corrected chi connectivity index (χ4v) is 1.79. The molecule has 0 radical (unpaired) electrons. The van der Waals surface area contributed by atoms with Gasteiger partial charge in [0.2, 0.25) is 5.91 Å². The number of nitrogen functional groups attached to an aromatic ring is 1. The molecule has 88 valence electrons. The van der Waals surface area contributed by atoms with Crippen molar-refractivity contribution in [3.63, 3.8) is 0 Å². The number of rotatable bonds is 2. The normalized spacial score (nSPS) is 14.9. The van der Waals surface area contributed by atoms with Crippen LogP contribution in [0, 0.1) is 6.57 Å². The zero-order chi connectivity index (χ0) is 12.4. The molecule has 0 spiro atoms. The molecule has 1 heterocycles. The van der Waals surface area contributed by atoms with Crippen molar-refractivity contribution in [1.29, 1.82) is 0 Å². The first kappa shape index (κ1) is 11.3. The second-order valence-electron chi connectivity index (χ2n) is 4.15. The zero-order valence-corrected chi connectivity index (χ0v) is 9.60. The maximum Gasteiger partial charge on any atom is 0.219 e. The van der Waals surface area contributed by atoms with E-state index < -0.39 is 0 Å². The Bertz CT molecular complexity index is 486. The number of hydrogen-bond donors (Lipinski definition) is 2. The van der Waals surface area contributed by atoms with Gasteiger partial charge in [-0.05, 0) is 12.1 Å². The van der Waals surface area contributed by atoms with Gasteiger partial charge in [-0.1, -0.05) is 6.07 Å². The van der Waals surface area contributed by atoms with Crippen LogP contribution >= 0.6 is 0 Å². The molecule has 1 aliphatic rings. The van der Waals surface area contributed by atoms with E-state index in [1.165, 1.54) is 0 Å². The van der Waals surface area contributed by atoms with Gasteiger partial charge in [0, 0.05) is 25.7 Å². The van der Waals surface area contributed by atoms with Crippen molar-refractivity contribution >= 4 is 23.0 Å². The Morgan fingerprint density at radius 3 is 2.88 bits per heavy atom. The van der Waals surface area contributed by atoms with Crippen molar-refractivity contribution in [2.75, 3.05) is 24.1 Å². The van der Waals surface area contributed by atoms with Crippen LogP contribution in [0.2, 0.25) is 0 Å². The van der Waals surface area contributed by atoms with E-state index in [-0.39, 0.29) is 11.9 Å². The third-order valence-electron chi connectivity index (χ3n) is 2.85. The number of nitrogens with two attached hydrogens (primary N) is 1. The van der Waals surface area contributed by atoms with Gasteiger partial charge < -0.3 is 16.0 Å². The highest BCUT2D eigenvalue weighted by Crippen LogP contribution is 2.26. The molecule has 1 aliphatic heterocycles. The molecule has 0 bridgehead atoms. The molecule has 5 heteroatoms. The fraction of sp³-hybridized carbons (Fsp3) is 0.333. The summed E-state index contributed by atoms with van der Waals surface area (Å²) >= 11 is 0. The molecule has 1 aromatic carbocycles. The van der Waals surface area contributed by atoms with Gasteiger partial charge in [0.25, 0.3) is 0 Å². The zero-order valence-electron chi connectivity index (χ0n) is 9.60. The smallest absolute Gasteiger partial charge is 0.219 e. The Hall–Kier alpha value is -2.22. The summed E-state index contributed by atoms with van der Waals surface area (Å²) in [5.41, 5.74) is 7.77. The molecule has 0 saturated carbocycles. The Morgan fingerprint density at radius 2 is 2.29 bits per heavy atom. The van der Waals surface area contributed by atoms with E-state index in [2.05, 4.69) is 10.2 Å². The Balaban J connectivity index is 2.01. The van der Waals surface area contributed by atoms with E-state index in [4.69, 9.17) is 12.3 Å². The summed E-state index contributed by atoms with van der Waals surface area (Å²) in [5, 5.41) is 3.24. The van der Waals surface area contributed by atoms with Gasteiger partial charge in [-0.25, -0.2) is 4.85 Å². The summed E-state index contributed by atoms with van der Waals surface area (Å²) in [4.78, 5) is 16.1. The number of likely N-dealkylation sites (tertiary alicyclic amines) is 1. The van der Waals surface area contributed by atoms with Crippen LogP contribution in [0.5, 0.6) is 0 Å². The number of carbonyl (C=O) groups is 1. The molecular formula is C12H14N4O. The predicted molar refractivity (Wildman–Crippen MR) is 66.8 cm³/mol. The molecular weight excluding hydrogens is 216 g/mol. The predicted octanol–water partition coefficient (Wildman–Crippen LogP) is 1.46. The largest absolute Gasteiger partial charge is 0.397 e. The highest BCUT2D eigenvalue weighted by molar-refractivity contribution is 5.76. The van der Waals surface area contributed by atoms with Crippen molar-refractivity contribution < 1.29 is 4.79 Å². The van der Waals surface area contributed by atoms with Gasteiger partial charge in [0.1, 0.15) is 0 Å². The van der Waals surface area contributed by atoms with Gasteiger partial charge in [-0.2, -0.15) is 0 Å². The average Bonchev–Trinajstić information content (AvgIpc) is 2.24. The lowest BCUT2D eigenvalue weighted by Crippen LogP contribution is -2.56. The molecule has 1 fully saturated rings. The van der Waals surface area contributed by atoms with E-state index in [1.54, 1.807) is 30.0 Å². The number of amides is 1. The van der Waals surface area contributed by atoms with Crippen LogP contribution in [0.4, 0.5) is 17.1 Å². The SMILES string of the molecule is [C-]#[N+]c1ccc(N)c(NC2CN(C(C)=O)C2)c1. The first-order valence-electron chi connectivity index (χ1n) is 5.39.